The van der Waals surface area contributed by atoms with E-state index in [9.17, 15) is 5.26 Å². The molecule has 19 heavy (non-hydrogen) atoms. The van der Waals surface area contributed by atoms with E-state index in [-0.39, 0.29) is 6.04 Å². The number of rotatable bonds is 5. The van der Waals surface area contributed by atoms with Crippen LogP contribution in [0.4, 0.5) is 0 Å². The molecule has 4 nitrogen and oxygen atoms in total. The van der Waals surface area contributed by atoms with Crippen molar-refractivity contribution in [2.45, 2.75) is 44.8 Å². The van der Waals surface area contributed by atoms with E-state index in [0.717, 1.165) is 29.8 Å². The molecule has 1 atom stereocenters. The van der Waals surface area contributed by atoms with Crippen LogP contribution in [0.15, 0.2) is 24.3 Å². The maximum Gasteiger partial charge on any atom is 0.106 e. The Labute approximate surface area is 113 Å². The zero-order valence-corrected chi connectivity index (χ0v) is 11.1. The largest absolute Gasteiger partial charge is 0.328 e. The highest BCUT2D eigenvalue weighted by Crippen LogP contribution is 2.21. The second-order valence-electron chi connectivity index (χ2n) is 5.21. The Hall–Kier alpha value is -1.86. The third kappa shape index (κ3) is 2.61. The summed E-state index contributed by atoms with van der Waals surface area (Å²) in [6.45, 7) is 2.86. The molecule has 0 bridgehead atoms. The summed E-state index contributed by atoms with van der Waals surface area (Å²) in [6, 6.07) is 11.0. The topological polar surface area (TPSA) is 53.6 Å². The summed E-state index contributed by atoms with van der Waals surface area (Å²) >= 11 is 0. The van der Waals surface area contributed by atoms with Crippen LogP contribution in [0.3, 0.4) is 0 Å². The van der Waals surface area contributed by atoms with E-state index in [0.29, 0.717) is 6.04 Å². The first kappa shape index (κ1) is 12.2. The molecule has 1 saturated carbocycles. The number of fused-ring (bicyclic) bond motifs is 1. The third-order valence-electron chi connectivity index (χ3n) is 3.66. The minimum atomic E-state index is -0.0481. The molecule has 1 unspecified atom stereocenters. The summed E-state index contributed by atoms with van der Waals surface area (Å²) < 4.78 is 2.20. The Kier molecular flexibility index (Phi) is 3.22. The highest BCUT2D eigenvalue weighted by atomic mass is 15.1. The van der Waals surface area contributed by atoms with Crippen molar-refractivity contribution < 1.29 is 0 Å². The fourth-order valence-electron chi connectivity index (χ4n) is 2.46. The van der Waals surface area contributed by atoms with Crippen LogP contribution >= 0.6 is 0 Å². The lowest BCUT2D eigenvalue weighted by molar-refractivity contribution is 0.515. The molecule has 1 fully saturated rings. The van der Waals surface area contributed by atoms with Crippen LogP contribution in [0, 0.1) is 18.3 Å². The number of nitrogens with one attached hydrogen (secondary N) is 1. The maximum absolute atomic E-state index is 9.18. The lowest BCUT2D eigenvalue weighted by atomic mass is 10.2. The van der Waals surface area contributed by atoms with Gasteiger partial charge in [-0.05, 0) is 38.3 Å². The Morgan fingerprint density at radius 1 is 1.47 bits per heavy atom. The van der Waals surface area contributed by atoms with Gasteiger partial charge >= 0.3 is 0 Å². The van der Waals surface area contributed by atoms with Crippen LogP contribution in [-0.4, -0.2) is 21.6 Å². The molecule has 0 radical (unpaired) electrons. The molecule has 4 heteroatoms. The number of benzene rings is 1. The molecule has 98 valence electrons. The number of imidazole rings is 1. The zero-order valence-electron chi connectivity index (χ0n) is 11.1. The number of aromatic nitrogens is 2. The van der Waals surface area contributed by atoms with Crippen LogP contribution in [-0.2, 0) is 6.54 Å². The van der Waals surface area contributed by atoms with Gasteiger partial charge < -0.3 is 4.57 Å². The van der Waals surface area contributed by atoms with Gasteiger partial charge in [-0.2, -0.15) is 5.26 Å². The van der Waals surface area contributed by atoms with Crippen molar-refractivity contribution in [2.75, 3.05) is 0 Å². The second kappa shape index (κ2) is 5.02. The predicted octanol–water partition coefficient (Wildman–Crippen LogP) is 2.38. The molecule has 2 aromatic rings. The van der Waals surface area contributed by atoms with Gasteiger partial charge in [0, 0.05) is 12.6 Å². The smallest absolute Gasteiger partial charge is 0.106 e. The first-order valence-corrected chi connectivity index (χ1v) is 6.85. The highest BCUT2D eigenvalue weighted by Gasteiger charge is 2.24. The van der Waals surface area contributed by atoms with E-state index in [2.05, 4.69) is 27.0 Å². The molecule has 1 N–H and O–H groups in total. The van der Waals surface area contributed by atoms with E-state index < -0.39 is 0 Å². The van der Waals surface area contributed by atoms with Gasteiger partial charge in [-0.25, -0.2) is 4.98 Å². The summed E-state index contributed by atoms with van der Waals surface area (Å²) in [5.74, 6) is 1.02. The van der Waals surface area contributed by atoms with Gasteiger partial charge in [0.25, 0.3) is 0 Å². The van der Waals surface area contributed by atoms with E-state index in [1.54, 1.807) is 0 Å². The van der Waals surface area contributed by atoms with E-state index in [1.165, 1.54) is 12.8 Å². The number of hydrogen-bond donors (Lipinski definition) is 1. The van der Waals surface area contributed by atoms with Crippen LogP contribution in [0.25, 0.3) is 11.0 Å². The number of hydrogen-bond acceptors (Lipinski definition) is 3. The average molecular weight is 254 g/mol. The lowest BCUT2D eigenvalue weighted by Gasteiger charge is -2.12. The Morgan fingerprint density at radius 2 is 2.26 bits per heavy atom. The summed E-state index contributed by atoms with van der Waals surface area (Å²) in [6.07, 6.45) is 3.25. The summed E-state index contributed by atoms with van der Waals surface area (Å²) in [5, 5.41) is 12.6. The number of nitrogens with zero attached hydrogens (tertiary/aromatic N) is 3. The van der Waals surface area contributed by atoms with Gasteiger partial charge in [-0.1, -0.05) is 12.1 Å². The monoisotopic (exact) mass is 254 g/mol. The molecule has 3 rings (SSSR count). The number of aryl methyl sites for hydroxylation is 2. The zero-order chi connectivity index (χ0) is 13.2. The van der Waals surface area contributed by atoms with Gasteiger partial charge in [-0.3, -0.25) is 5.32 Å². The highest BCUT2D eigenvalue weighted by molar-refractivity contribution is 5.75. The minimum Gasteiger partial charge on any atom is -0.328 e. The van der Waals surface area contributed by atoms with Crippen molar-refractivity contribution in [1.82, 2.24) is 14.9 Å². The van der Waals surface area contributed by atoms with Crippen molar-refractivity contribution in [1.29, 1.82) is 5.26 Å². The van der Waals surface area contributed by atoms with Crippen molar-refractivity contribution in [3.8, 4) is 6.07 Å². The van der Waals surface area contributed by atoms with E-state index >= 15 is 0 Å². The Morgan fingerprint density at radius 3 is 3.00 bits per heavy atom. The predicted molar refractivity (Wildman–Crippen MR) is 74.6 cm³/mol. The standard InChI is InChI=1S/C15H18N4/c1-11-17-14-4-2-3-5-15(14)19(11)9-8-13(10-16)18-12-6-7-12/h2-5,12-13,18H,6-9H2,1H3. The summed E-state index contributed by atoms with van der Waals surface area (Å²) in [5.41, 5.74) is 2.19. The molecule has 1 heterocycles. The van der Waals surface area contributed by atoms with Crippen molar-refractivity contribution in [3.63, 3.8) is 0 Å². The lowest BCUT2D eigenvalue weighted by Crippen LogP contribution is -2.30. The molecule has 1 aromatic heterocycles. The summed E-state index contributed by atoms with van der Waals surface area (Å²) in [7, 11) is 0. The molecular formula is C15H18N4. The molecule has 1 aromatic carbocycles. The summed E-state index contributed by atoms with van der Waals surface area (Å²) in [4.78, 5) is 4.55. The van der Waals surface area contributed by atoms with Crippen LogP contribution < -0.4 is 5.32 Å². The van der Waals surface area contributed by atoms with Crippen molar-refractivity contribution in [3.05, 3.63) is 30.1 Å². The molecule has 0 spiro atoms. The second-order valence-corrected chi connectivity index (χ2v) is 5.21. The van der Waals surface area contributed by atoms with Gasteiger partial charge in [0.2, 0.25) is 0 Å². The first-order valence-electron chi connectivity index (χ1n) is 6.85. The minimum absolute atomic E-state index is 0.0481. The molecule has 0 amide bonds. The van der Waals surface area contributed by atoms with E-state index in [4.69, 9.17) is 0 Å². The Balaban J connectivity index is 1.73. The average Bonchev–Trinajstić information content (AvgIpc) is 3.17. The number of para-hydroxylation sites is 2. The van der Waals surface area contributed by atoms with Crippen molar-refractivity contribution in [2.24, 2.45) is 0 Å². The quantitative estimate of drug-likeness (QED) is 0.891. The molecular weight excluding hydrogens is 236 g/mol. The Bertz CT molecular complexity index is 619. The fourth-order valence-corrected chi connectivity index (χ4v) is 2.46. The fraction of sp³-hybridized carbons (Fsp3) is 0.467. The SMILES string of the molecule is Cc1nc2ccccc2n1CCC(C#N)NC1CC1. The van der Waals surface area contributed by atoms with Gasteiger partial charge in [0.1, 0.15) is 5.82 Å². The van der Waals surface area contributed by atoms with Crippen LogP contribution in [0.5, 0.6) is 0 Å². The molecule has 0 aliphatic heterocycles. The third-order valence-corrected chi connectivity index (χ3v) is 3.66. The molecule has 0 saturated heterocycles. The number of nitriles is 1. The van der Waals surface area contributed by atoms with Crippen LogP contribution in [0.2, 0.25) is 0 Å². The normalized spacial score (nSPS) is 16.4. The molecule has 1 aliphatic rings. The van der Waals surface area contributed by atoms with Gasteiger partial charge in [0.05, 0.1) is 23.1 Å². The molecule has 1 aliphatic carbocycles. The van der Waals surface area contributed by atoms with Gasteiger partial charge in [-0.15, -0.1) is 0 Å². The maximum atomic E-state index is 9.18. The van der Waals surface area contributed by atoms with Crippen molar-refractivity contribution >= 4 is 11.0 Å². The van der Waals surface area contributed by atoms with Crippen LogP contribution in [0.1, 0.15) is 25.1 Å². The first-order chi connectivity index (χ1) is 9.28. The van der Waals surface area contributed by atoms with Gasteiger partial charge in [0.15, 0.2) is 0 Å². The van der Waals surface area contributed by atoms with E-state index in [1.807, 2.05) is 25.1 Å².